The van der Waals surface area contributed by atoms with E-state index in [9.17, 15) is 16.8 Å². The molecule has 1 aromatic rings. The molecule has 0 bridgehead atoms. The third kappa shape index (κ3) is 4.12. The fourth-order valence-electron chi connectivity index (χ4n) is 1.22. The molecule has 0 N–H and O–H groups in total. The Hall–Kier alpha value is -0.850. The van der Waals surface area contributed by atoms with Crippen molar-refractivity contribution in [3.05, 3.63) is 35.4 Å². The van der Waals surface area contributed by atoms with E-state index in [1.807, 2.05) is 0 Å². The summed E-state index contributed by atoms with van der Waals surface area (Å²) in [7, 11) is -6.99. The second-order valence-corrected chi connectivity index (χ2v) is 8.47. The number of benzene rings is 1. The highest BCUT2D eigenvalue weighted by Gasteiger charge is 2.16. The maximum Gasteiger partial charge on any atom is 0.182 e. The maximum atomic E-state index is 11.9. The van der Waals surface area contributed by atoms with Gasteiger partial charge in [-0.05, 0) is 25.1 Å². The zero-order valence-electron chi connectivity index (χ0n) is 9.92. The quantitative estimate of drug-likeness (QED) is 0.853. The lowest BCUT2D eigenvalue weighted by Crippen LogP contribution is -2.06. The molecule has 0 spiro atoms. The predicted octanol–water partition coefficient (Wildman–Crippen LogP) is 2.01. The van der Waals surface area contributed by atoms with Gasteiger partial charge in [-0.3, -0.25) is 0 Å². The molecule has 0 aliphatic rings. The van der Waals surface area contributed by atoms with E-state index in [4.69, 9.17) is 11.6 Å². The molecule has 0 atom stereocenters. The molecule has 0 radical (unpaired) electrons. The number of rotatable bonds is 4. The minimum Gasteiger partial charge on any atom is -0.224 e. The van der Waals surface area contributed by atoms with E-state index >= 15 is 0 Å². The summed E-state index contributed by atoms with van der Waals surface area (Å²) in [5, 5.41) is 0.373. The third-order valence-corrected chi connectivity index (χ3v) is 5.02. The molecular weight excluding hydrogens is 296 g/mol. The highest BCUT2D eigenvalue weighted by atomic mass is 35.5. The Kier molecular flexibility index (Phi) is 4.58. The highest BCUT2D eigenvalue weighted by molar-refractivity contribution is 7.92. The molecule has 0 amide bonds. The minimum atomic E-state index is -3.56. The molecular formula is C11H13ClO4S2. The van der Waals surface area contributed by atoms with Gasteiger partial charge in [0.15, 0.2) is 19.7 Å². The molecule has 0 saturated carbocycles. The van der Waals surface area contributed by atoms with Gasteiger partial charge in [0.2, 0.25) is 0 Å². The zero-order chi connectivity index (χ0) is 14.0. The Balaban J connectivity index is 3.23. The molecule has 0 aliphatic heterocycles. The number of hydrogen-bond donors (Lipinski definition) is 0. The standard InChI is InChI=1S/C11H13ClO4S2/c1-9(12)6-7-18(15,16)11-5-3-4-10(8-11)17(2,13)14/h3-6,8H,7H2,1-2H3/b9-6-. The highest BCUT2D eigenvalue weighted by Crippen LogP contribution is 2.17. The fourth-order valence-corrected chi connectivity index (χ4v) is 3.38. The van der Waals surface area contributed by atoms with Crippen LogP contribution in [0, 0.1) is 0 Å². The van der Waals surface area contributed by atoms with Crippen molar-refractivity contribution < 1.29 is 16.8 Å². The third-order valence-electron chi connectivity index (χ3n) is 2.18. The second kappa shape index (κ2) is 5.42. The summed E-state index contributed by atoms with van der Waals surface area (Å²) < 4.78 is 46.5. The molecule has 0 fully saturated rings. The first-order valence-electron chi connectivity index (χ1n) is 4.98. The lowest BCUT2D eigenvalue weighted by Gasteiger charge is -2.04. The molecule has 0 aliphatic carbocycles. The average Bonchev–Trinajstić information content (AvgIpc) is 2.26. The van der Waals surface area contributed by atoms with E-state index in [1.165, 1.54) is 24.3 Å². The first-order valence-corrected chi connectivity index (χ1v) is 8.90. The summed E-state index contributed by atoms with van der Waals surface area (Å²) in [5.41, 5.74) is 0. The Morgan fingerprint density at radius 3 is 2.28 bits per heavy atom. The first-order chi connectivity index (χ1) is 8.13. The molecule has 7 heteroatoms. The second-order valence-electron chi connectivity index (χ2n) is 3.82. The van der Waals surface area contributed by atoms with Crippen molar-refractivity contribution in [1.82, 2.24) is 0 Å². The predicted molar refractivity (Wildman–Crippen MR) is 71.2 cm³/mol. The van der Waals surface area contributed by atoms with E-state index in [0.29, 0.717) is 5.03 Å². The Bertz CT molecular complexity index is 669. The van der Waals surface area contributed by atoms with Crippen LogP contribution in [0.2, 0.25) is 0 Å². The molecule has 0 unspecified atom stereocenters. The van der Waals surface area contributed by atoms with Crippen molar-refractivity contribution in [2.75, 3.05) is 12.0 Å². The largest absolute Gasteiger partial charge is 0.224 e. The zero-order valence-corrected chi connectivity index (χ0v) is 12.3. The van der Waals surface area contributed by atoms with Gasteiger partial charge in [0.25, 0.3) is 0 Å². The van der Waals surface area contributed by atoms with Gasteiger partial charge in [0.1, 0.15) is 0 Å². The van der Waals surface area contributed by atoms with Gasteiger partial charge in [-0.15, -0.1) is 0 Å². The molecule has 100 valence electrons. The Morgan fingerprint density at radius 2 is 1.78 bits per heavy atom. The molecule has 1 aromatic carbocycles. The normalized spacial score (nSPS) is 13.6. The van der Waals surface area contributed by atoms with Crippen LogP contribution in [0.15, 0.2) is 45.2 Å². The average molecular weight is 309 g/mol. The Morgan fingerprint density at radius 1 is 1.22 bits per heavy atom. The van der Waals surface area contributed by atoms with Gasteiger partial charge in [-0.2, -0.15) is 0 Å². The fraction of sp³-hybridized carbons (Fsp3) is 0.273. The van der Waals surface area contributed by atoms with E-state index in [1.54, 1.807) is 6.92 Å². The molecule has 0 saturated heterocycles. The summed E-state index contributed by atoms with van der Waals surface area (Å²) in [4.78, 5) is -0.0465. The molecule has 4 nitrogen and oxygen atoms in total. The summed E-state index contributed by atoms with van der Waals surface area (Å²) in [6.07, 6.45) is 2.39. The van der Waals surface area contributed by atoms with Gasteiger partial charge in [0.05, 0.1) is 15.5 Å². The molecule has 18 heavy (non-hydrogen) atoms. The molecule has 1 rings (SSSR count). The number of allylic oxidation sites excluding steroid dienone is 1. The van der Waals surface area contributed by atoms with Crippen LogP contribution < -0.4 is 0 Å². The summed E-state index contributed by atoms with van der Waals surface area (Å²) in [6.45, 7) is 1.57. The summed E-state index contributed by atoms with van der Waals surface area (Å²) in [5.74, 6) is -0.254. The topological polar surface area (TPSA) is 68.3 Å². The van der Waals surface area contributed by atoms with Gasteiger partial charge in [-0.1, -0.05) is 23.7 Å². The molecule has 0 heterocycles. The van der Waals surface area contributed by atoms with Crippen LogP contribution in [-0.4, -0.2) is 28.8 Å². The molecule has 0 aromatic heterocycles. The number of hydrogen-bond acceptors (Lipinski definition) is 4. The van der Waals surface area contributed by atoms with E-state index < -0.39 is 19.7 Å². The number of sulfone groups is 2. The van der Waals surface area contributed by atoms with Crippen LogP contribution in [0.3, 0.4) is 0 Å². The first kappa shape index (κ1) is 15.2. The number of halogens is 1. The summed E-state index contributed by atoms with van der Waals surface area (Å²) >= 11 is 5.58. The van der Waals surface area contributed by atoms with E-state index in [2.05, 4.69) is 0 Å². The van der Waals surface area contributed by atoms with Crippen molar-refractivity contribution in [3.8, 4) is 0 Å². The van der Waals surface area contributed by atoms with Crippen molar-refractivity contribution in [2.24, 2.45) is 0 Å². The smallest absolute Gasteiger partial charge is 0.182 e. The van der Waals surface area contributed by atoms with Crippen molar-refractivity contribution in [3.63, 3.8) is 0 Å². The lowest BCUT2D eigenvalue weighted by molar-refractivity contribution is 0.598. The van der Waals surface area contributed by atoms with Crippen LogP contribution in [-0.2, 0) is 19.7 Å². The van der Waals surface area contributed by atoms with Crippen LogP contribution in [0.5, 0.6) is 0 Å². The SMILES string of the molecule is C/C(Cl)=C/CS(=O)(=O)c1cccc(S(C)(=O)=O)c1. The lowest BCUT2D eigenvalue weighted by atomic mass is 10.4. The van der Waals surface area contributed by atoms with E-state index in [0.717, 1.165) is 12.3 Å². The van der Waals surface area contributed by atoms with Crippen LogP contribution in [0.25, 0.3) is 0 Å². The van der Waals surface area contributed by atoms with Crippen LogP contribution in [0.1, 0.15) is 6.92 Å². The Labute approximate surface area is 112 Å². The van der Waals surface area contributed by atoms with Crippen molar-refractivity contribution in [2.45, 2.75) is 16.7 Å². The van der Waals surface area contributed by atoms with Crippen molar-refractivity contribution in [1.29, 1.82) is 0 Å². The van der Waals surface area contributed by atoms with Crippen molar-refractivity contribution >= 4 is 31.3 Å². The maximum absolute atomic E-state index is 11.9. The van der Waals surface area contributed by atoms with Gasteiger partial charge in [-0.25, -0.2) is 16.8 Å². The monoisotopic (exact) mass is 308 g/mol. The van der Waals surface area contributed by atoms with E-state index in [-0.39, 0.29) is 15.5 Å². The minimum absolute atomic E-state index is 0.0184. The summed E-state index contributed by atoms with van der Waals surface area (Å²) in [6, 6.07) is 5.28. The van der Waals surface area contributed by atoms with Gasteiger partial charge >= 0.3 is 0 Å². The van der Waals surface area contributed by atoms with Gasteiger partial charge in [0, 0.05) is 11.3 Å². The van der Waals surface area contributed by atoms with Crippen LogP contribution >= 0.6 is 11.6 Å². The van der Waals surface area contributed by atoms with Crippen LogP contribution in [0.4, 0.5) is 0 Å². The van der Waals surface area contributed by atoms with Gasteiger partial charge < -0.3 is 0 Å².